The Hall–Kier alpha value is -0.550. The van der Waals surface area contributed by atoms with Crippen molar-refractivity contribution < 1.29 is 4.79 Å². The summed E-state index contributed by atoms with van der Waals surface area (Å²) >= 11 is 9.06. The number of amides is 1. The summed E-state index contributed by atoms with van der Waals surface area (Å²) in [5.74, 6) is -0.165. The highest BCUT2D eigenvalue weighted by atomic mass is 79.9. The minimum absolute atomic E-state index is 0.0999. The predicted molar refractivity (Wildman–Crippen MR) is 51.9 cm³/mol. The smallest absolute Gasteiger partial charge is 0.271 e. The molecular formula is C7H7BrClN3O. The summed E-state index contributed by atoms with van der Waals surface area (Å²) in [4.78, 5) is 11.5. The molecule has 6 heteroatoms. The zero-order valence-corrected chi connectivity index (χ0v) is 9.18. The van der Waals surface area contributed by atoms with Gasteiger partial charge in [0.2, 0.25) is 0 Å². The molecule has 1 N–H and O–H groups in total. The fourth-order valence-corrected chi connectivity index (χ4v) is 1.96. The first-order valence-electron chi connectivity index (χ1n) is 3.82. The van der Waals surface area contributed by atoms with Gasteiger partial charge in [-0.05, 0) is 22.9 Å². The lowest BCUT2D eigenvalue weighted by molar-refractivity contribution is 0.0901. The highest BCUT2D eigenvalue weighted by Gasteiger charge is 2.27. The predicted octanol–water partition coefficient (Wildman–Crippen LogP) is 1.43. The van der Waals surface area contributed by atoms with Gasteiger partial charge in [0.25, 0.3) is 5.91 Å². The maximum atomic E-state index is 11.5. The molecule has 1 aromatic rings. The van der Waals surface area contributed by atoms with Crippen LogP contribution in [0.2, 0.25) is 5.02 Å². The van der Waals surface area contributed by atoms with Gasteiger partial charge in [-0.2, -0.15) is 5.10 Å². The van der Waals surface area contributed by atoms with E-state index in [2.05, 4.69) is 26.3 Å². The lowest BCUT2D eigenvalue weighted by atomic mass is 10.2. The lowest BCUT2D eigenvalue weighted by Crippen LogP contribution is -2.42. The monoisotopic (exact) mass is 263 g/mol. The summed E-state index contributed by atoms with van der Waals surface area (Å²) < 4.78 is 2.14. The van der Waals surface area contributed by atoms with Crippen LogP contribution >= 0.6 is 27.5 Å². The van der Waals surface area contributed by atoms with Crippen molar-refractivity contribution in [2.45, 2.75) is 19.5 Å². The van der Waals surface area contributed by atoms with Crippen LogP contribution in [0.4, 0.5) is 0 Å². The number of hydrogen-bond donors (Lipinski definition) is 1. The van der Waals surface area contributed by atoms with Gasteiger partial charge in [0.1, 0.15) is 15.3 Å². The van der Waals surface area contributed by atoms with Gasteiger partial charge in [0, 0.05) is 6.04 Å². The van der Waals surface area contributed by atoms with Gasteiger partial charge in [0.05, 0.1) is 6.54 Å². The van der Waals surface area contributed by atoms with E-state index in [-0.39, 0.29) is 11.9 Å². The van der Waals surface area contributed by atoms with E-state index in [1.165, 1.54) is 0 Å². The molecule has 0 bridgehead atoms. The first-order chi connectivity index (χ1) is 6.09. The summed E-state index contributed by atoms with van der Waals surface area (Å²) in [6.45, 7) is 2.58. The highest BCUT2D eigenvalue weighted by molar-refractivity contribution is 9.10. The van der Waals surface area contributed by atoms with Crippen LogP contribution in [0.25, 0.3) is 0 Å². The van der Waals surface area contributed by atoms with E-state index in [4.69, 9.17) is 11.6 Å². The maximum Gasteiger partial charge on any atom is 0.271 e. The van der Waals surface area contributed by atoms with Crippen molar-refractivity contribution in [1.82, 2.24) is 15.1 Å². The number of rotatable bonds is 0. The standard InChI is InChI=1S/C7H7BrClN3O/c1-3-2-12-5(7(13)10-3)4(9)6(8)11-12/h3H,2H2,1H3,(H,10,13). The number of carbonyl (C=O) groups is 1. The third-order valence-corrected chi connectivity index (χ3v) is 3.04. The number of nitrogens with zero attached hydrogens (tertiary/aromatic N) is 2. The molecule has 70 valence electrons. The van der Waals surface area contributed by atoms with Gasteiger partial charge < -0.3 is 5.32 Å². The van der Waals surface area contributed by atoms with Crippen LogP contribution in [0.5, 0.6) is 0 Å². The van der Waals surface area contributed by atoms with Crippen LogP contribution in [0.15, 0.2) is 4.60 Å². The average molecular weight is 265 g/mol. The van der Waals surface area contributed by atoms with Crippen LogP contribution in [0.1, 0.15) is 17.4 Å². The first-order valence-corrected chi connectivity index (χ1v) is 4.99. The quantitative estimate of drug-likeness (QED) is 0.770. The largest absolute Gasteiger partial charge is 0.346 e. The van der Waals surface area contributed by atoms with Gasteiger partial charge >= 0.3 is 0 Å². The number of fused-ring (bicyclic) bond motifs is 1. The molecule has 1 unspecified atom stereocenters. The fourth-order valence-electron chi connectivity index (χ4n) is 1.36. The second-order valence-corrected chi connectivity index (χ2v) is 4.14. The van der Waals surface area contributed by atoms with Gasteiger partial charge in [-0.15, -0.1) is 0 Å². The normalized spacial score (nSPS) is 21.2. The van der Waals surface area contributed by atoms with E-state index >= 15 is 0 Å². The second-order valence-electron chi connectivity index (χ2n) is 3.01. The number of carbonyl (C=O) groups excluding carboxylic acids is 1. The molecule has 1 aliphatic heterocycles. The van der Waals surface area contributed by atoms with E-state index in [1.54, 1.807) is 4.68 Å². The number of nitrogens with one attached hydrogen (secondary N) is 1. The summed E-state index contributed by atoms with van der Waals surface area (Å²) in [5, 5.41) is 7.26. The molecule has 0 aromatic carbocycles. The summed E-state index contributed by atoms with van der Waals surface area (Å²) in [5.41, 5.74) is 0.437. The van der Waals surface area contributed by atoms with Crippen LogP contribution in [0.3, 0.4) is 0 Å². The minimum Gasteiger partial charge on any atom is -0.346 e. The summed E-state index contributed by atoms with van der Waals surface area (Å²) in [6, 6.07) is 0.0999. The Morgan fingerprint density at radius 3 is 3.15 bits per heavy atom. The third-order valence-electron chi connectivity index (χ3n) is 1.90. The molecule has 1 amide bonds. The van der Waals surface area contributed by atoms with E-state index < -0.39 is 0 Å². The molecule has 1 atom stereocenters. The Bertz CT molecular complexity index is 376. The van der Waals surface area contributed by atoms with Crippen molar-refractivity contribution in [1.29, 1.82) is 0 Å². The molecule has 2 rings (SSSR count). The molecule has 1 aromatic heterocycles. The van der Waals surface area contributed by atoms with Crippen LogP contribution in [0, 0.1) is 0 Å². The van der Waals surface area contributed by atoms with E-state index in [0.29, 0.717) is 21.9 Å². The Morgan fingerprint density at radius 1 is 1.77 bits per heavy atom. The molecule has 1 aliphatic rings. The average Bonchev–Trinajstić information content (AvgIpc) is 2.27. The number of aromatic nitrogens is 2. The second kappa shape index (κ2) is 2.99. The Kier molecular flexibility index (Phi) is 2.08. The van der Waals surface area contributed by atoms with E-state index in [0.717, 1.165) is 0 Å². The Balaban J connectivity index is 2.55. The molecule has 0 radical (unpaired) electrons. The lowest BCUT2D eigenvalue weighted by Gasteiger charge is -2.20. The molecule has 0 aliphatic carbocycles. The van der Waals surface area contributed by atoms with Gasteiger partial charge in [0.15, 0.2) is 0 Å². The molecule has 0 saturated carbocycles. The molecule has 0 fully saturated rings. The zero-order valence-electron chi connectivity index (χ0n) is 6.84. The van der Waals surface area contributed by atoms with Crippen molar-refractivity contribution in [3.63, 3.8) is 0 Å². The van der Waals surface area contributed by atoms with Gasteiger partial charge in [-0.1, -0.05) is 11.6 Å². The zero-order chi connectivity index (χ0) is 9.59. The highest BCUT2D eigenvalue weighted by Crippen LogP contribution is 2.27. The van der Waals surface area contributed by atoms with Gasteiger partial charge in [-0.25, -0.2) is 0 Å². The third kappa shape index (κ3) is 1.36. The van der Waals surface area contributed by atoms with Crippen molar-refractivity contribution in [3.05, 3.63) is 15.3 Å². The SMILES string of the molecule is CC1Cn2nc(Br)c(Cl)c2C(=O)N1. The molecule has 0 saturated heterocycles. The molecule has 4 nitrogen and oxygen atoms in total. The van der Waals surface area contributed by atoms with Crippen molar-refractivity contribution >= 4 is 33.4 Å². The summed E-state index contributed by atoms with van der Waals surface area (Å²) in [6.07, 6.45) is 0. The maximum absolute atomic E-state index is 11.5. The van der Waals surface area contributed by atoms with Crippen molar-refractivity contribution in [2.75, 3.05) is 0 Å². The number of halogens is 2. The Labute approximate surface area is 88.4 Å². The molecule has 2 heterocycles. The van der Waals surface area contributed by atoms with E-state index in [9.17, 15) is 4.79 Å². The fraction of sp³-hybridized carbons (Fsp3) is 0.429. The van der Waals surface area contributed by atoms with E-state index in [1.807, 2.05) is 6.92 Å². The molecular weight excluding hydrogens is 257 g/mol. The number of hydrogen-bond acceptors (Lipinski definition) is 2. The Morgan fingerprint density at radius 2 is 2.46 bits per heavy atom. The minimum atomic E-state index is -0.165. The van der Waals surface area contributed by atoms with Crippen LogP contribution < -0.4 is 5.32 Å². The van der Waals surface area contributed by atoms with Gasteiger partial charge in [-0.3, -0.25) is 9.48 Å². The first kappa shape index (κ1) is 9.02. The van der Waals surface area contributed by atoms with Crippen LogP contribution in [-0.4, -0.2) is 21.7 Å². The molecule has 13 heavy (non-hydrogen) atoms. The van der Waals surface area contributed by atoms with Crippen molar-refractivity contribution in [2.24, 2.45) is 0 Å². The van der Waals surface area contributed by atoms with Crippen molar-refractivity contribution in [3.8, 4) is 0 Å². The summed E-state index contributed by atoms with van der Waals surface area (Å²) in [7, 11) is 0. The molecule has 0 spiro atoms. The topological polar surface area (TPSA) is 46.9 Å². The van der Waals surface area contributed by atoms with Crippen LogP contribution in [-0.2, 0) is 6.54 Å².